The molecule has 0 aliphatic heterocycles. The monoisotopic (exact) mass is 310 g/mol. The van der Waals surface area contributed by atoms with Gasteiger partial charge in [0.05, 0.1) is 20.7 Å². The summed E-state index contributed by atoms with van der Waals surface area (Å²) in [7, 11) is -0.404. The molecule has 0 aromatic heterocycles. The molecule has 0 aromatic rings. The molecule has 0 saturated heterocycles. The van der Waals surface area contributed by atoms with Crippen LogP contribution in [0.3, 0.4) is 0 Å². The average molecular weight is 310 g/mol. The quantitative estimate of drug-likeness (QED) is 0.297. The number of hydrogen-bond donors (Lipinski definition) is 0. The first-order valence-corrected chi connectivity index (χ1v) is 9.10. The highest BCUT2D eigenvalue weighted by atomic mass is 32.3. The van der Waals surface area contributed by atoms with Gasteiger partial charge in [-0.2, -0.15) is 13.1 Å². The molecule has 5 nitrogen and oxygen atoms in total. The van der Waals surface area contributed by atoms with E-state index in [4.69, 9.17) is 8.47 Å². The van der Waals surface area contributed by atoms with Crippen LogP contribution >= 0.6 is 0 Å². The van der Waals surface area contributed by atoms with Crippen LogP contribution in [-0.2, 0) is 18.9 Å². The fourth-order valence-electron chi connectivity index (χ4n) is 1.94. The number of hydrogen-bond acceptors (Lipinski definition) is 4. The van der Waals surface area contributed by atoms with E-state index in [0.717, 1.165) is 12.8 Å². The van der Waals surface area contributed by atoms with E-state index < -0.39 is 10.4 Å². The smallest absolute Gasteiger partial charge is 0.245 e. The van der Waals surface area contributed by atoms with Crippen molar-refractivity contribution in [3.63, 3.8) is 0 Å². The van der Waals surface area contributed by atoms with Gasteiger partial charge < -0.3 is 0 Å². The van der Waals surface area contributed by atoms with Gasteiger partial charge in [0, 0.05) is 0 Å². The predicted molar refractivity (Wildman–Crippen MR) is 81.2 cm³/mol. The SMILES string of the molecule is CCCCCCCCC[N+](C)(C)OS(=O)(=O)OCCC. The average Bonchev–Trinajstić information content (AvgIpc) is 2.34. The van der Waals surface area contributed by atoms with E-state index in [2.05, 4.69) is 6.92 Å². The van der Waals surface area contributed by atoms with Crippen molar-refractivity contribution in [1.82, 2.24) is 0 Å². The third kappa shape index (κ3) is 11.6. The molecule has 0 heterocycles. The Morgan fingerprint density at radius 3 is 1.95 bits per heavy atom. The van der Waals surface area contributed by atoms with Gasteiger partial charge in [-0.3, -0.25) is 0 Å². The molecule has 20 heavy (non-hydrogen) atoms. The van der Waals surface area contributed by atoms with Crippen molar-refractivity contribution >= 4 is 10.4 Å². The molecule has 0 bridgehead atoms. The lowest BCUT2D eigenvalue weighted by molar-refractivity contribution is -1.05. The van der Waals surface area contributed by atoms with Gasteiger partial charge in [0.25, 0.3) is 0 Å². The van der Waals surface area contributed by atoms with Gasteiger partial charge in [0.15, 0.2) is 0 Å². The van der Waals surface area contributed by atoms with Crippen LogP contribution < -0.4 is 0 Å². The molecule has 0 aliphatic rings. The number of nitrogens with zero attached hydrogens (tertiary/aromatic N) is 1. The van der Waals surface area contributed by atoms with Crippen molar-refractivity contribution in [1.29, 1.82) is 0 Å². The van der Waals surface area contributed by atoms with E-state index in [-0.39, 0.29) is 11.3 Å². The summed E-state index contributed by atoms with van der Waals surface area (Å²) in [6.07, 6.45) is 9.05. The molecule has 0 aromatic carbocycles. The molecule has 0 atom stereocenters. The van der Waals surface area contributed by atoms with E-state index in [1.54, 1.807) is 14.1 Å². The number of quaternary nitrogens is 1. The van der Waals surface area contributed by atoms with E-state index in [0.29, 0.717) is 13.0 Å². The van der Waals surface area contributed by atoms with Crippen molar-refractivity contribution < 1.29 is 21.5 Å². The molecule has 0 aliphatic carbocycles. The van der Waals surface area contributed by atoms with Crippen LogP contribution in [0.1, 0.15) is 65.2 Å². The highest BCUT2D eigenvalue weighted by Crippen LogP contribution is 2.12. The fourth-order valence-corrected chi connectivity index (χ4v) is 2.92. The minimum Gasteiger partial charge on any atom is -0.245 e. The molecule has 0 unspecified atom stereocenters. The van der Waals surface area contributed by atoms with Gasteiger partial charge in [-0.25, -0.2) is 4.18 Å². The van der Waals surface area contributed by atoms with E-state index >= 15 is 0 Å². The highest BCUT2D eigenvalue weighted by Gasteiger charge is 2.27. The molecule has 0 spiro atoms. The van der Waals surface area contributed by atoms with Crippen LogP contribution in [0.4, 0.5) is 0 Å². The van der Waals surface area contributed by atoms with Crippen LogP contribution in [0.5, 0.6) is 0 Å². The highest BCUT2D eigenvalue weighted by molar-refractivity contribution is 7.81. The van der Waals surface area contributed by atoms with Gasteiger partial charge in [-0.05, 0) is 23.5 Å². The van der Waals surface area contributed by atoms with Crippen LogP contribution in [0, 0.1) is 0 Å². The van der Waals surface area contributed by atoms with Crippen molar-refractivity contribution in [2.75, 3.05) is 27.2 Å². The summed E-state index contributed by atoms with van der Waals surface area (Å²) in [5.41, 5.74) is 0. The van der Waals surface area contributed by atoms with Crippen molar-refractivity contribution in [2.45, 2.75) is 65.2 Å². The summed E-state index contributed by atoms with van der Waals surface area (Å²) >= 11 is 0. The Balaban J connectivity index is 3.83. The lowest BCUT2D eigenvalue weighted by Gasteiger charge is -2.24. The molecule has 0 radical (unpaired) electrons. The Morgan fingerprint density at radius 1 is 0.850 bits per heavy atom. The Bertz CT molecular complexity index is 328. The Kier molecular flexibility index (Phi) is 10.5. The zero-order chi connectivity index (χ0) is 15.5. The maximum Gasteiger partial charge on any atom is 0.444 e. The summed E-state index contributed by atoms with van der Waals surface area (Å²) in [4.78, 5) is 0. The molecular weight excluding hydrogens is 278 g/mol. The largest absolute Gasteiger partial charge is 0.444 e. The first-order chi connectivity index (χ1) is 9.33. The van der Waals surface area contributed by atoms with Gasteiger partial charge in [0.1, 0.15) is 6.54 Å². The van der Waals surface area contributed by atoms with Gasteiger partial charge in [0.2, 0.25) is 0 Å². The lowest BCUT2D eigenvalue weighted by atomic mass is 10.1. The number of hydroxylamine groups is 3. The van der Waals surface area contributed by atoms with Crippen molar-refractivity contribution in [3.05, 3.63) is 0 Å². The van der Waals surface area contributed by atoms with Crippen LogP contribution in [0.25, 0.3) is 0 Å². The third-order valence-corrected chi connectivity index (χ3v) is 4.07. The van der Waals surface area contributed by atoms with Crippen molar-refractivity contribution in [2.24, 2.45) is 0 Å². The Labute approximate surface area is 125 Å². The second kappa shape index (κ2) is 10.5. The number of unbranched alkanes of at least 4 members (excludes halogenated alkanes) is 6. The Hall–Kier alpha value is -0.170. The summed E-state index contributed by atoms with van der Waals surface area (Å²) in [5, 5.41) is 0. The van der Waals surface area contributed by atoms with Crippen molar-refractivity contribution in [3.8, 4) is 0 Å². The molecule has 6 heteroatoms. The molecule has 0 saturated carbocycles. The zero-order valence-electron chi connectivity index (χ0n) is 13.6. The molecule has 0 rings (SSSR count). The van der Waals surface area contributed by atoms with Gasteiger partial charge in [-0.15, -0.1) is 0 Å². The first kappa shape index (κ1) is 19.8. The first-order valence-electron chi connectivity index (χ1n) is 7.76. The number of rotatable bonds is 13. The summed E-state index contributed by atoms with van der Waals surface area (Å²) in [6.45, 7) is 4.90. The summed E-state index contributed by atoms with van der Waals surface area (Å²) in [6, 6.07) is 0. The van der Waals surface area contributed by atoms with Crippen LogP contribution in [0.15, 0.2) is 0 Å². The topological polar surface area (TPSA) is 52.6 Å². The maximum atomic E-state index is 11.6. The Morgan fingerprint density at radius 2 is 1.40 bits per heavy atom. The zero-order valence-corrected chi connectivity index (χ0v) is 14.4. The van der Waals surface area contributed by atoms with E-state index in [9.17, 15) is 8.42 Å². The summed E-state index contributed by atoms with van der Waals surface area (Å²) < 4.78 is 32.9. The molecule has 0 N–H and O–H groups in total. The van der Waals surface area contributed by atoms with E-state index in [1.165, 1.54) is 32.1 Å². The van der Waals surface area contributed by atoms with E-state index in [1.807, 2.05) is 6.92 Å². The van der Waals surface area contributed by atoms with Crippen LogP contribution in [-0.4, -0.2) is 40.3 Å². The molecule has 0 amide bonds. The van der Waals surface area contributed by atoms with Gasteiger partial charge >= 0.3 is 10.4 Å². The molecule has 122 valence electrons. The second-order valence-corrected chi connectivity index (χ2v) is 6.92. The van der Waals surface area contributed by atoms with Crippen LogP contribution in [0.2, 0.25) is 0 Å². The minimum absolute atomic E-state index is 0.0129. The fraction of sp³-hybridized carbons (Fsp3) is 1.00. The molecule has 0 fully saturated rings. The normalized spacial score (nSPS) is 12.8. The summed E-state index contributed by atoms with van der Waals surface area (Å²) in [5.74, 6) is 0. The minimum atomic E-state index is -3.88. The predicted octanol–water partition coefficient (Wildman–Crippen LogP) is 3.42. The second-order valence-electron chi connectivity index (χ2n) is 5.72. The third-order valence-electron chi connectivity index (χ3n) is 3.03. The molecular formula is C14H32NO4S+. The van der Waals surface area contributed by atoms with Gasteiger partial charge in [-0.1, -0.05) is 46.0 Å². The lowest BCUT2D eigenvalue weighted by Crippen LogP contribution is -2.42. The standard InChI is InChI=1S/C14H32NO4S/c1-5-7-8-9-10-11-12-13-15(3,4)19-20(16,17)18-14-6-2/h5-14H2,1-4H3/q+1. The maximum absolute atomic E-state index is 11.6.